The van der Waals surface area contributed by atoms with Crippen molar-refractivity contribution in [2.75, 3.05) is 0 Å². The number of hydrogen-bond acceptors (Lipinski definition) is 2. The minimum atomic E-state index is -1.14. The third kappa shape index (κ3) is 4.16. The standard InChI is InChI=1S/C14H15Cl2OPS/c1-11-7-6-10-14(2,15)13(11)19-18(16)17-12-8-4-3-5-9-12/h3-10,13H,1-2H3. The third-order valence-electron chi connectivity index (χ3n) is 2.82. The van der Waals surface area contributed by atoms with Gasteiger partial charge < -0.3 is 4.52 Å². The molecule has 0 fully saturated rings. The average Bonchev–Trinajstić information content (AvgIpc) is 2.35. The highest BCUT2D eigenvalue weighted by Crippen LogP contribution is 2.61. The summed E-state index contributed by atoms with van der Waals surface area (Å²) in [7, 11) is 0. The average molecular weight is 333 g/mol. The lowest BCUT2D eigenvalue weighted by Crippen LogP contribution is -2.31. The molecule has 0 saturated carbocycles. The van der Waals surface area contributed by atoms with Crippen molar-refractivity contribution in [2.45, 2.75) is 24.0 Å². The Hall–Kier alpha value is -0.140. The monoisotopic (exact) mass is 332 g/mol. The molecule has 2 rings (SSSR count). The first kappa shape index (κ1) is 15.3. The highest BCUT2D eigenvalue weighted by Gasteiger charge is 2.35. The fourth-order valence-corrected chi connectivity index (χ4v) is 6.45. The molecule has 0 saturated heterocycles. The summed E-state index contributed by atoms with van der Waals surface area (Å²) in [5, 5.41) is 0.131. The van der Waals surface area contributed by atoms with Crippen molar-refractivity contribution < 1.29 is 4.52 Å². The Morgan fingerprint density at radius 3 is 2.63 bits per heavy atom. The Labute approximate surface area is 129 Å². The lowest BCUT2D eigenvalue weighted by Gasteiger charge is -2.32. The van der Waals surface area contributed by atoms with E-state index in [4.69, 9.17) is 27.4 Å². The van der Waals surface area contributed by atoms with Gasteiger partial charge in [-0.05, 0) is 37.2 Å². The number of benzene rings is 1. The minimum absolute atomic E-state index is 0.131. The Balaban J connectivity index is 2.00. The van der Waals surface area contributed by atoms with Crippen LogP contribution in [0.2, 0.25) is 0 Å². The van der Waals surface area contributed by atoms with Crippen LogP contribution in [0.1, 0.15) is 13.8 Å². The molecule has 19 heavy (non-hydrogen) atoms. The van der Waals surface area contributed by atoms with Crippen LogP contribution in [0.15, 0.2) is 54.1 Å². The molecule has 3 unspecified atom stereocenters. The summed E-state index contributed by atoms with van der Waals surface area (Å²) < 4.78 is 5.74. The molecule has 1 nitrogen and oxygen atoms in total. The maximum atomic E-state index is 6.53. The second-order valence-electron chi connectivity index (χ2n) is 4.52. The highest BCUT2D eigenvalue weighted by molar-refractivity contribution is 8.61. The van der Waals surface area contributed by atoms with E-state index >= 15 is 0 Å². The number of hydrogen-bond donors (Lipinski definition) is 0. The van der Waals surface area contributed by atoms with Gasteiger partial charge in [0.15, 0.2) is 0 Å². The van der Waals surface area contributed by atoms with E-state index in [9.17, 15) is 0 Å². The van der Waals surface area contributed by atoms with Crippen molar-refractivity contribution in [1.82, 2.24) is 0 Å². The summed E-state index contributed by atoms with van der Waals surface area (Å²) in [6.45, 7) is 2.94. The Kier molecular flexibility index (Phi) is 5.25. The van der Waals surface area contributed by atoms with Gasteiger partial charge >= 0.3 is 0 Å². The Morgan fingerprint density at radius 1 is 1.32 bits per heavy atom. The predicted octanol–water partition coefficient (Wildman–Crippen LogP) is 6.15. The van der Waals surface area contributed by atoms with E-state index in [1.54, 1.807) is 11.4 Å². The molecule has 0 radical (unpaired) electrons. The van der Waals surface area contributed by atoms with Crippen molar-refractivity contribution in [3.05, 3.63) is 54.1 Å². The van der Waals surface area contributed by atoms with Gasteiger partial charge in [-0.25, -0.2) is 0 Å². The molecule has 0 spiro atoms. The quantitative estimate of drug-likeness (QED) is 0.483. The second kappa shape index (κ2) is 6.54. The molecule has 0 aromatic heterocycles. The first-order valence-corrected chi connectivity index (χ1v) is 9.92. The molecule has 0 heterocycles. The van der Waals surface area contributed by atoms with Crippen molar-refractivity contribution in [3.8, 4) is 5.75 Å². The van der Waals surface area contributed by atoms with Gasteiger partial charge in [0.25, 0.3) is 0 Å². The summed E-state index contributed by atoms with van der Waals surface area (Å²) in [6.07, 6.45) is 6.07. The van der Waals surface area contributed by atoms with Crippen LogP contribution in [0.5, 0.6) is 5.75 Å². The largest absolute Gasteiger partial charge is 0.448 e. The summed E-state index contributed by atoms with van der Waals surface area (Å²) >= 11 is 14.5. The number of allylic oxidation sites excluding steroid dienone is 3. The normalized spacial score (nSPS) is 27.8. The SMILES string of the molecule is CC1=CC=CC(C)(Cl)C1SP(Cl)Oc1ccccc1. The molecule has 1 aromatic carbocycles. The van der Waals surface area contributed by atoms with Crippen LogP contribution >= 0.6 is 40.9 Å². The maximum Gasteiger partial charge on any atom is 0.247 e. The molecular formula is C14H15Cl2OPS. The topological polar surface area (TPSA) is 9.23 Å². The van der Waals surface area contributed by atoms with Gasteiger partial charge in [-0.1, -0.05) is 53.4 Å². The van der Waals surface area contributed by atoms with Gasteiger partial charge in [-0.3, -0.25) is 0 Å². The third-order valence-corrected chi connectivity index (χ3v) is 7.16. The van der Waals surface area contributed by atoms with Crippen LogP contribution < -0.4 is 4.52 Å². The van der Waals surface area contributed by atoms with E-state index in [1.165, 1.54) is 5.57 Å². The molecule has 1 aromatic rings. The van der Waals surface area contributed by atoms with Crippen molar-refractivity contribution in [2.24, 2.45) is 0 Å². The lowest BCUT2D eigenvalue weighted by atomic mass is 9.95. The van der Waals surface area contributed by atoms with E-state index in [-0.39, 0.29) is 5.25 Å². The van der Waals surface area contributed by atoms with Gasteiger partial charge in [0, 0.05) is 0 Å². The Bertz CT molecular complexity index is 487. The van der Waals surface area contributed by atoms with Crippen LogP contribution in [-0.4, -0.2) is 10.1 Å². The molecule has 3 atom stereocenters. The Morgan fingerprint density at radius 2 is 2.00 bits per heavy atom. The van der Waals surface area contributed by atoms with E-state index in [1.807, 2.05) is 49.4 Å². The summed E-state index contributed by atoms with van der Waals surface area (Å²) in [5.41, 5.74) is 1.22. The molecule has 1 aliphatic rings. The van der Waals surface area contributed by atoms with E-state index in [2.05, 4.69) is 13.0 Å². The molecule has 0 bridgehead atoms. The van der Waals surface area contributed by atoms with Crippen molar-refractivity contribution in [3.63, 3.8) is 0 Å². The molecule has 0 N–H and O–H groups in total. The minimum Gasteiger partial charge on any atom is -0.448 e. The number of halogens is 2. The van der Waals surface area contributed by atoms with Crippen LogP contribution in [0.3, 0.4) is 0 Å². The first-order chi connectivity index (χ1) is 8.99. The van der Waals surface area contributed by atoms with Gasteiger partial charge in [0.05, 0.1) is 10.1 Å². The van der Waals surface area contributed by atoms with Crippen LogP contribution in [0.4, 0.5) is 0 Å². The fourth-order valence-electron chi connectivity index (χ4n) is 1.86. The fraction of sp³-hybridized carbons (Fsp3) is 0.286. The van der Waals surface area contributed by atoms with Gasteiger partial charge in [0.2, 0.25) is 6.70 Å². The predicted molar refractivity (Wildman–Crippen MR) is 88.4 cm³/mol. The number of alkyl halides is 1. The summed E-state index contributed by atoms with van der Waals surface area (Å²) in [4.78, 5) is -0.418. The van der Waals surface area contributed by atoms with E-state index < -0.39 is 11.6 Å². The van der Waals surface area contributed by atoms with Crippen LogP contribution in [0, 0.1) is 0 Å². The summed E-state index contributed by atoms with van der Waals surface area (Å²) in [6, 6.07) is 9.62. The van der Waals surface area contributed by atoms with Crippen LogP contribution in [-0.2, 0) is 0 Å². The molecule has 1 aliphatic carbocycles. The zero-order valence-electron chi connectivity index (χ0n) is 10.7. The number of rotatable bonds is 4. The molecular weight excluding hydrogens is 318 g/mol. The maximum absolute atomic E-state index is 6.53. The van der Waals surface area contributed by atoms with Crippen molar-refractivity contribution in [1.29, 1.82) is 0 Å². The molecule has 102 valence electrons. The molecule has 0 amide bonds. The molecule has 0 aliphatic heterocycles. The van der Waals surface area contributed by atoms with Crippen molar-refractivity contribution >= 4 is 40.9 Å². The van der Waals surface area contributed by atoms with E-state index in [0.29, 0.717) is 0 Å². The van der Waals surface area contributed by atoms with E-state index in [0.717, 1.165) is 5.75 Å². The van der Waals surface area contributed by atoms with Gasteiger partial charge in [0.1, 0.15) is 5.75 Å². The smallest absolute Gasteiger partial charge is 0.247 e. The lowest BCUT2D eigenvalue weighted by molar-refractivity contribution is 0.638. The zero-order chi connectivity index (χ0) is 13.9. The molecule has 5 heteroatoms. The highest BCUT2D eigenvalue weighted by atomic mass is 35.7. The van der Waals surface area contributed by atoms with Gasteiger partial charge in [-0.2, -0.15) is 0 Å². The summed E-state index contributed by atoms with van der Waals surface area (Å²) in [5.74, 6) is 0.792. The second-order valence-corrected chi connectivity index (χ2v) is 9.78. The first-order valence-electron chi connectivity index (χ1n) is 5.90. The van der Waals surface area contributed by atoms with Crippen LogP contribution in [0.25, 0.3) is 0 Å². The number of para-hydroxylation sites is 1. The van der Waals surface area contributed by atoms with Gasteiger partial charge in [-0.15, -0.1) is 11.6 Å². The zero-order valence-corrected chi connectivity index (χ0v) is 13.9.